The van der Waals surface area contributed by atoms with Crippen LogP contribution in [0.15, 0.2) is 0 Å². The maximum absolute atomic E-state index is 7.08. The summed E-state index contributed by atoms with van der Waals surface area (Å²) in [7, 11) is 4.02. The lowest BCUT2D eigenvalue weighted by Crippen LogP contribution is -2.26. The lowest BCUT2D eigenvalue weighted by molar-refractivity contribution is 0.321. The molecular formula is C7H15N2. The van der Waals surface area contributed by atoms with Crippen LogP contribution in [-0.4, -0.2) is 30.7 Å². The van der Waals surface area contributed by atoms with Crippen LogP contribution in [0.3, 0.4) is 0 Å². The van der Waals surface area contributed by atoms with Gasteiger partial charge in [-0.25, -0.2) is 0 Å². The molecule has 0 amide bonds. The molecule has 0 aromatic carbocycles. The van der Waals surface area contributed by atoms with Crippen molar-refractivity contribution in [2.75, 3.05) is 14.1 Å². The Balaban J connectivity index is 3.50. The number of hydrogen-bond donors (Lipinski definition) is 1. The van der Waals surface area contributed by atoms with Gasteiger partial charge in [0, 0.05) is 18.2 Å². The summed E-state index contributed by atoms with van der Waals surface area (Å²) < 4.78 is 0. The van der Waals surface area contributed by atoms with E-state index in [9.17, 15) is 0 Å². The van der Waals surface area contributed by atoms with Crippen LogP contribution in [0.4, 0.5) is 0 Å². The second-order valence-electron chi connectivity index (χ2n) is 2.62. The maximum Gasteiger partial charge on any atom is 0.0113 e. The van der Waals surface area contributed by atoms with Crippen molar-refractivity contribution in [2.45, 2.75) is 19.4 Å². The summed E-state index contributed by atoms with van der Waals surface area (Å²) in [5.74, 6) is 0. The molecule has 1 atom stereocenters. The molecule has 9 heavy (non-hydrogen) atoms. The SMILES string of the molecule is [CH2]C(=N)CC(C)N(C)C. The first-order valence-electron chi connectivity index (χ1n) is 3.10. The standard InChI is InChI=1S/C7H15N2/c1-6(8)5-7(2)9(3)4/h7-8H,1,5H2,2-4H3. The van der Waals surface area contributed by atoms with E-state index in [0.717, 1.165) is 6.42 Å². The van der Waals surface area contributed by atoms with E-state index in [1.165, 1.54) is 0 Å². The molecule has 2 nitrogen and oxygen atoms in total. The molecule has 1 N–H and O–H groups in total. The zero-order valence-corrected chi connectivity index (χ0v) is 6.44. The van der Waals surface area contributed by atoms with Crippen molar-refractivity contribution in [3.8, 4) is 0 Å². The Morgan fingerprint density at radius 3 is 2.22 bits per heavy atom. The van der Waals surface area contributed by atoms with Gasteiger partial charge in [0.25, 0.3) is 0 Å². The molecule has 0 spiro atoms. The fourth-order valence-electron chi connectivity index (χ4n) is 0.539. The van der Waals surface area contributed by atoms with Gasteiger partial charge in [0.2, 0.25) is 0 Å². The number of hydrogen-bond acceptors (Lipinski definition) is 2. The summed E-state index contributed by atoms with van der Waals surface area (Å²) in [4.78, 5) is 2.08. The van der Waals surface area contributed by atoms with Gasteiger partial charge in [-0.05, 0) is 27.9 Å². The zero-order chi connectivity index (χ0) is 7.44. The molecule has 0 heterocycles. The minimum absolute atomic E-state index is 0.440. The van der Waals surface area contributed by atoms with E-state index in [1.807, 2.05) is 14.1 Å². The molecule has 0 bridgehead atoms. The van der Waals surface area contributed by atoms with E-state index in [-0.39, 0.29) is 0 Å². The first-order chi connectivity index (χ1) is 4.04. The van der Waals surface area contributed by atoms with Gasteiger partial charge in [-0.3, -0.25) is 0 Å². The summed E-state index contributed by atoms with van der Waals surface area (Å²) in [5, 5.41) is 7.08. The van der Waals surface area contributed by atoms with Crippen molar-refractivity contribution in [1.29, 1.82) is 5.41 Å². The van der Waals surface area contributed by atoms with E-state index in [4.69, 9.17) is 5.41 Å². The molecule has 0 aromatic rings. The Bertz CT molecular complexity index is 97.1. The van der Waals surface area contributed by atoms with Crippen LogP contribution in [0.2, 0.25) is 0 Å². The molecule has 0 saturated carbocycles. The Labute approximate surface area is 57.4 Å². The average molecular weight is 127 g/mol. The third-order valence-electron chi connectivity index (χ3n) is 1.42. The zero-order valence-electron chi connectivity index (χ0n) is 6.44. The number of nitrogens with zero attached hydrogens (tertiary/aromatic N) is 1. The number of rotatable bonds is 3. The molecule has 0 aliphatic heterocycles. The maximum atomic E-state index is 7.08. The van der Waals surface area contributed by atoms with Crippen LogP contribution in [0.1, 0.15) is 13.3 Å². The average Bonchev–Trinajstić information content (AvgIpc) is 1.63. The second kappa shape index (κ2) is 3.62. The van der Waals surface area contributed by atoms with E-state index in [1.54, 1.807) is 0 Å². The Morgan fingerprint density at radius 2 is 2.11 bits per heavy atom. The van der Waals surface area contributed by atoms with Gasteiger partial charge >= 0.3 is 0 Å². The molecule has 1 unspecified atom stereocenters. The highest BCUT2D eigenvalue weighted by molar-refractivity contribution is 5.85. The van der Waals surface area contributed by atoms with Crippen LogP contribution in [0, 0.1) is 12.3 Å². The summed E-state index contributed by atoms with van der Waals surface area (Å²) in [6, 6.07) is 0.440. The third kappa shape index (κ3) is 4.15. The molecule has 0 aromatic heterocycles. The largest absolute Gasteiger partial charge is 0.310 e. The highest BCUT2D eigenvalue weighted by Crippen LogP contribution is 1.97. The van der Waals surface area contributed by atoms with Gasteiger partial charge in [0.15, 0.2) is 0 Å². The molecule has 53 valence electrons. The monoisotopic (exact) mass is 127 g/mol. The predicted octanol–water partition coefficient (Wildman–Crippen LogP) is 1.18. The smallest absolute Gasteiger partial charge is 0.0113 e. The second-order valence-corrected chi connectivity index (χ2v) is 2.62. The molecule has 0 aliphatic carbocycles. The van der Waals surface area contributed by atoms with E-state index in [0.29, 0.717) is 11.8 Å². The lowest BCUT2D eigenvalue weighted by atomic mass is 10.1. The molecule has 0 rings (SSSR count). The highest BCUT2D eigenvalue weighted by atomic mass is 15.1. The van der Waals surface area contributed by atoms with E-state index >= 15 is 0 Å². The Morgan fingerprint density at radius 1 is 1.67 bits per heavy atom. The number of nitrogens with one attached hydrogen (secondary N) is 1. The van der Waals surface area contributed by atoms with Crippen molar-refractivity contribution in [2.24, 2.45) is 0 Å². The van der Waals surface area contributed by atoms with Gasteiger partial charge in [0.1, 0.15) is 0 Å². The quantitative estimate of drug-likeness (QED) is 0.566. The van der Waals surface area contributed by atoms with E-state index < -0.39 is 0 Å². The van der Waals surface area contributed by atoms with Crippen molar-refractivity contribution in [3.05, 3.63) is 6.92 Å². The third-order valence-corrected chi connectivity index (χ3v) is 1.42. The van der Waals surface area contributed by atoms with Gasteiger partial charge in [-0.15, -0.1) is 0 Å². The van der Waals surface area contributed by atoms with Crippen molar-refractivity contribution < 1.29 is 0 Å². The Kier molecular flexibility index (Phi) is 3.47. The van der Waals surface area contributed by atoms with Gasteiger partial charge in [-0.2, -0.15) is 0 Å². The minimum Gasteiger partial charge on any atom is -0.310 e. The molecular weight excluding hydrogens is 112 g/mol. The minimum atomic E-state index is 0.440. The fourth-order valence-corrected chi connectivity index (χ4v) is 0.539. The summed E-state index contributed by atoms with van der Waals surface area (Å²) >= 11 is 0. The van der Waals surface area contributed by atoms with Crippen LogP contribution < -0.4 is 0 Å². The van der Waals surface area contributed by atoms with Crippen LogP contribution in [0.5, 0.6) is 0 Å². The lowest BCUT2D eigenvalue weighted by Gasteiger charge is -2.18. The van der Waals surface area contributed by atoms with Crippen molar-refractivity contribution in [3.63, 3.8) is 0 Å². The van der Waals surface area contributed by atoms with Crippen molar-refractivity contribution >= 4 is 5.71 Å². The van der Waals surface area contributed by atoms with Crippen LogP contribution in [-0.2, 0) is 0 Å². The van der Waals surface area contributed by atoms with E-state index in [2.05, 4.69) is 18.7 Å². The highest BCUT2D eigenvalue weighted by Gasteiger charge is 2.03. The first-order valence-corrected chi connectivity index (χ1v) is 3.10. The molecule has 2 heteroatoms. The fraction of sp³-hybridized carbons (Fsp3) is 0.714. The van der Waals surface area contributed by atoms with Crippen molar-refractivity contribution in [1.82, 2.24) is 4.90 Å². The normalized spacial score (nSPS) is 13.9. The summed E-state index contributed by atoms with van der Waals surface area (Å²) in [6.07, 6.45) is 0.771. The van der Waals surface area contributed by atoms with Crippen LogP contribution in [0.25, 0.3) is 0 Å². The molecule has 0 aliphatic rings. The molecule has 0 saturated heterocycles. The summed E-state index contributed by atoms with van der Waals surface area (Å²) in [6.45, 7) is 5.60. The topological polar surface area (TPSA) is 27.1 Å². The van der Waals surface area contributed by atoms with Gasteiger partial charge in [-0.1, -0.05) is 0 Å². The Hall–Kier alpha value is -0.370. The van der Waals surface area contributed by atoms with Crippen LogP contribution >= 0.6 is 0 Å². The van der Waals surface area contributed by atoms with Gasteiger partial charge < -0.3 is 10.3 Å². The molecule has 0 fully saturated rings. The first kappa shape index (κ1) is 8.63. The molecule has 1 radical (unpaired) electrons. The predicted molar refractivity (Wildman–Crippen MR) is 40.8 cm³/mol. The summed E-state index contributed by atoms with van der Waals surface area (Å²) in [5.41, 5.74) is 0.510. The van der Waals surface area contributed by atoms with Gasteiger partial charge in [0.05, 0.1) is 0 Å².